The van der Waals surface area contributed by atoms with Crippen LogP contribution in [0, 0.1) is 0 Å². The Morgan fingerprint density at radius 3 is 3.13 bits per heavy atom. The van der Waals surface area contributed by atoms with Crippen molar-refractivity contribution in [3.05, 3.63) is 11.1 Å². The lowest BCUT2D eigenvalue weighted by molar-refractivity contribution is 0.0649. The summed E-state index contributed by atoms with van der Waals surface area (Å²) in [7, 11) is 0. The average Bonchev–Trinajstić information content (AvgIpc) is 2.70. The molecule has 0 spiro atoms. The van der Waals surface area contributed by atoms with Crippen molar-refractivity contribution in [2.45, 2.75) is 13.0 Å². The van der Waals surface area contributed by atoms with Gasteiger partial charge in [-0.05, 0) is 18.5 Å². The van der Waals surface area contributed by atoms with E-state index in [1.807, 2.05) is 11.8 Å². The first-order valence-electron chi connectivity index (χ1n) is 4.58. The lowest BCUT2D eigenvalue weighted by Crippen LogP contribution is -2.52. The van der Waals surface area contributed by atoms with Crippen LogP contribution in [0.25, 0.3) is 0 Å². The average molecular weight is 249 g/mol. The van der Waals surface area contributed by atoms with E-state index in [1.54, 1.807) is 5.38 Å². The van der Waals surface area contributed by atoms with E-state index in [0.717, 1.165) is 19.6 Å². The molecule has 2 rings (SSSR count). The Morgan fingerprint density at radius 1 is 1.73 bits per heavy atom. The van der Waals surface area contributed by atoms with Crippen molar-refractivity contribution in [3.63, 3.8) is 0 Å². The smallest absolute Gasteiger partial charge is 0.275 e. The third-order valence-corrected chi connectivity index (χ3v) is 2.85. The molecule has 1 atom stereocenters. The van der Waals surface area contributed by atoms with Crippen LogP contribution in [-0.4, -0.2) is 46.1 Å². The SMILES string of the molecule is CC1CNCCN1C(=O)c1csnn1.Cl. The van der Waals surface area contributed by atoms with E-state index in [1.165, 1.54) is 11.5 Å². The van der Waals surface area contributed by atoms with Gasteiger partial charge in [0.25, 0.3) is 5.91 Å². The molecule has 0 aromatic carbocycles. The Balaban J connectivity index is 0.00000112. The van der Waals surface area contributed by atoms with Gasteiger partial charge in [-0.3, -0.25) is 4.79 Å². The number of nitrogens with zero attached hydrogens (tertiary/aromatic N) is 3. The molecule has 84 valence electrons. The first-order chi connectivity index (χ1) is 6.79. The summed E-state index contributed by atoms with van der Waals surface area (Å²) in [6, 6.07) is 0.234. The van der Waals surface area contributed by atoms with Crippen LogP contribution in [-0.2, 0) is 0 Å². The number of carbonyl (C=O) groups excluding carboxylic acids is 1. The number of amides is 1. The second kappa shape index (κ2) is 5.39. The highest BCUT2D eigenvalue weighted by Gasteiger charge is 2.25. The van der Waals surface area contributed by atoms with Crippen molar-refractivity contribution in [1.82, 2.24) is 19.8 Å². The summed E-state index contributed by atoms with van der Waals surface area (Å²) in [6.45, 7) is 4.48. The van der Waals surface area contributed by atoms with E-state index in [-0.39, 0.29) is 24.4 Å². The molecule has 0 bridgehead atoms. The van der Waals surface area contributed by atoms with Gasteiger partial charge in [-0.15, -0.1) is 17.5 Å². The first kappa shape index (κ1) is 12.4. The largest absolute Gasteiger partial charge is 0.332 e. The summed E-state index contributed by atoms with van der Waals surface area (Å²) in [6.07, 6.45) is 0. The predicted octanol–water partition coefficient (Wildman–Crippen LogP) is 0.394. The molecule has 1 aromatic heterocycles. The third kappa shape index (κ3) is 2.64. The quantitative estimate of drug-likeness (QED) is 0.782. The Bertz CT molecular complexity index is 318. The number of hydrogen-bond acceptors (Lipinski definition) is 5. The van der Waals surface area contributed by atoms with Crippen LogP contribution >= 0.6 is 23.9 Å². The number of piperazine rings is 1. The molecule has 1 fully saturated rings. The van der Waals surface area contributed by atoms with Gasteiger partial charge in [0, 0.05) is 31.1 Å². The molecular formula is C8H13ClN4OS. The van der Waals surface area contributed by atoms with Crippen molar-refractivity contribution in [2.24, 2.45) is 0 Å². The van der Waals surface area contributed by atoms with Crippen molar-refractivity contribution in [1.29, 1.82) is 0 Å². The Kier molecular flexibility index (Phi) is 4.44. The van der Waals surface area contributed by atoms with E-state index in [2.05, 4.69) is 14.9 Å². The molecule has 0 radical (unpaired) electrons. The van der Waals surface area contributed by atoms with Gasteiger partial charge in [0.1, 0.15) is 0 Å². The summed E-state index contributed by atoms with van der Waals surface area (Å²) in [4.78, 5) is 13.7. The number of halogens is 1. The topological polar surface area (TPSA) is 58.1 Å². The Hall–Kier alpha value is -0.720. The fourth-order valence-electron chi connectivity index (χ4n) is 1.55. The van der Waals surface area contributed by atoms with Crippen LogP contribution in [0.4, 0.5) is 0 Å². The molecule has 0 aliphatic carbocycles. The van der Waals surface area contributed by atoms with Gasteiger partial charge in [-0.25, -0.2) is 0 Å². The van der Waals surface area contributed by atoms with Crippen LogP contribution in [0.5, 0.6) is 0 Å². The highest BCUT2D eigenvalue weighted by Crippen LogP contribution is 2.08. The van der Waals surface area contributed by atoms with Gasteiger partial charge >= 0.3 is 0 Å². The highest BCUT2D eigenvalue weighted by atomic mass is 35.5. The molecule has 1 aliphatic heterocycles. The fraction of sp³-hybridized carbons (Fsp3) is 0.625. The monoisotopic (exact) mass is 248 g/mol. The van der Waals surface area contributed by atoms with Crippen molar-refractivity contribution >= 4 is 29.8 Å². The maximum Gasteiger partial charge on any atom is 0.275 e. The van der Waals surface area contributed by atoms with Crippen molar-refractivity contribution in [2.75, 3.05) is 19.6 Å². The molecule has 7 heteroatoms. The molecule has 1 unspecified atom stereocenters. The number of rotatable bonds is 1. The van der Waals surface area contributed by atoms with Crippen LogP contribution in [0.15, 0.2) is 5.38 Å². The number of nitrogens with one attached hydrogen (secondary N) is 1. The van der Waals surface area contributed by atoms with Crippen molar-refractivity contribution in [3.8, 4) is 0 Å². The van der Waals surface area contributed by atoms with Crippen LogP contribution < -0.4 is 5.32 Å². The van der Waals surface area contributed by atoms with Gasteiger partial charge in [-0.2, -0.15) is 0 Å². The molecule has 1 aromatic rings. The van der Waals surface area contributed by atoms with Gasteiger partial charge in [0.05, 0.1) is 0 Å². The number of aromatic nitrogens is 2. The summed E-state index contributed by atoms with van der Waals surface area (Å²) in [5.41, 5.74) is 0.462. The zero-order chi connectivity index (χ0) is 9.97. The molecule has 0 saturated carbocycles. The van der Waals surface area contributed by atoms with E-state index in [9.17, 15) is 4.79 Å². The minimum atomic E-state index is -0.00671. The van der Waals surface area contributed by atoms with Crippen molar-refractivity contribution < 1.29 is 4.79 Å². The van der Waals surface area contributed by atoms with Crippen LogP contribution in [0.3, 0.4) is 0 Å². The van der Waals surface area contributed by atoms with Gasteiger partial charge in [-0.1, -0.05) is 4.49 Å². The molecule has 1 saturated heterocycles. The van der Waals surface area contributed by atoms with Gasteiger partial charge in [0.2, 0.25) is 0 Å². The maximum absolute atomic E-state index is 11.9. The van der Waals surface area contributed by atoms with E-state index >= 15 is 0 Å². The summed E-state index contributed by atoms with van der Waals surface area (Å²) in [5.74, 6) is -0.00671. The zero-order valence-corrected chi connectivity index (χ0v) is 9.98. The lowest BCUT2D eigenvalue weighted by Gasteiger charge is -2.33. The molecule has 1 amide bonds. The molecule has 5 nitrogen and oxygen atoms in total. The second-order valence-electron chi connectivity index (χ2n) is 3.34. The standard InChI is InChI=1S/C8H12N4OS.ClH/c1-6-4-9-2-3-12(6)8(13)7-5-14-11-10-7;/h5-6,9H,2-4H2,1H3;1H. The van der Waals surface area contributed by atoms with E-state index < -0.39 is 0 Å². The lowest BCUT2D eigenvalue weighted by atomic mass is 10.2. The minimum Gasteiger partial charge on any atom is -0.332 e. The Morgan fingerprint density at radius 2 is 2.53 bits per heavy atom. The molecule has 1 N–H and O–H groups in total. The maximum atomic E-state index is 11.9. The second-order valence-corrected chi connectivity index (χ2v) is 3.95. The zero-order valence-electron chi connectivity index (χ0n) is 8.34. The first-order valence-corrected chi connectivity index (χ1v) is 5.41. The molecule has 1 aliphatic rings. The van der Waals surface area contributed by atoms with Crippen LogP contribution in [0.2, 0.25) is 0 Å². The van der Waals surface area contributed by atoms with E-state index in [0.29, 0.717) is 5.69 Å². The predicted molar refractivity (Wildman–Crippen MR) is 60.5 cm³/mol. The minimum absolute atomic E-state index is 0. The van der Waals surface area contributed by atoms with Gasteiger partial charge < -0.3 is 10.2 Å². The highest BCUT2D eigenvalue weighted by molar-refractivity contribution is 7.03. The number of carbonyl (C=O) groups is 1. The normalized spacial score (nSPS) is 20.9. The summed E-state index contributed by atoms with van der Waals surface area (Å²) < 4.78 is 3.69. The van der Waals surface area contributed by atoms with E-state index in [4.69, 9.17) is 0 Å². The molecule has 15 heavy (non-hydrogen) atoms. The summed E-state index contributed by atoms with van der Waals surface area (Å²) in [5, 5.41) is 8.71. The summed E-state index contributed by atoms with van der Waals surface area (Å²) >= 11 is 1.21. The Labute approximate surface area is 98.4 Å². The molecule has 2 heterocycles. The third-order valence-electron chi connectivity index (χ3n) is 2.34. The van der Waals surface area contributed by atoms with Crippen LogP contribution in [0.1, 0.15) is 17.4 Å². The number of hydrogen-bond donors (Lipinski definition) is 1. The molecular weight excluding hydrogens is 236 g/mol. The van der Waals surface area contributed by atoms with Gasteiger partial charge in [0.15, 0.2) is 5.69 Å². The fourth-order valence-corrected chi connectivity index (χ4v) is 1.98.